The van der Waals surface area contributed by atoms with Crippen LogP contribution in [0.4, 0.5) is 4.79 Å². The number of amides is 2. The number of carbonyl (C=O) groups excluding carboxylic acids is 3. The van der Waals surface area contributed by atoms with Gasteiger partial charge in [-0.05, 0) is 24.8 Å². The van der Waals surface area contributed by atoms with Gasteiger partial charge in [-0.3, -0.25) is 4.79 Å². The minimum absolute atomic E-state index is 0.0206. The molecule has 0 bridgehead atoms. The number of unbranched alkanes of at least 4 members (excludes halogenated alkanes) is 1. The monoisotopic (exact) mass is 462 g/mol. The van der Waals surface area contributed by atoms with Crippen molar-refractivity contribution < 1.29 is 23.9 Å². The van der Waals surface area contributed by atoms with E-state index in [0.29, 0.717) is 30.2 Å². The molecule has 25 heavy (non-hydrogen) atoms. The van der Waals surface area contributed by atoms with Crippen molar-refractivity contribution in [2.24, 2.45) is 0 Å². The minimum Gasteiger partial charge on any atom is -0.467 e. The van der Waals surface area contributed by atoms with E-state index in [2.05, 4.69) is 10.6 Å². The van der Waals surface area contributed by atoms with Crippen LogP contribution in [0.15, 0.2) is 30.3 Å². The fourth-order valence-corrected chi connectivity index (χ4v) is 2.32. The summed E-state index contributed by atoms with van der Waals surface area (Å²) in [7, 11) is 1.27. The van der Waals surface area contributed by atoms with Crippen molar-refractivity contribution in [1.29, 1.82) is 0 Å². The number of alkyl carbamates (subject to hydrolysis) is 1. The van der Waals surface area contributed by atoms with Gasteiger partial charge in [-0.15, -0.1) is 0 Å². The topological polar surface area (TPSA) is 93.7 Å². The first-order chi connectivity index (χ1) is 12.1. The Balaban J connectivity index is 2.35. The van der Waals surface area contributed by atoms with E-state index in [4.69, 9.17) is 9.47 Å². The Kier molecular flexibility index (Phi) is 10.6. The van der Waals surface area contributed by atoms with Crippen LogP contribution < -0.4 is 10.6 Å². The Morgan fingerprint density at radius 2 is 1.88 bits per heavy atom. The molecule has 0 aliphatic rings. The van der Waals surface area contributed by atoms with Crippen LogP contribution in [-0.4, -0.2) is 42.1 Å². The van der Waals surface area contributed by atoms with Gasteiger partial charge in [0, 0.05) is 6.54 Å². The molecule has 0 saturated heterocycles. The third-order valence-electron chi connectivity index (χ3n) is 3.35. The maximum Gasteiger partial charge on any atom is 0.408 e. The van der Waals surface area contributed by atoms with Crippen LogP contribution >= 0.6 is 22.6 Å². The third kappa shape index (κ3) is 9.28. The molecular weight excluding hydrogens is 439 g/mol. The Morgan fingerprint density at radius 3 is 2.52 bits per heavy atom. The average Bonchev–Trinajstić information content (AvgIpc) is 2.65. The lowest BCUT2D eigenvalue weighted by atomic mass is 10.1. The number of esters is 1. The summed E-state index contributed by atoms with van der Waals surface area (Å²) in [5.74, 6) is -0.541. The molecule has 1 unspecified atom stereocenters. The summed E-state index contributed by atoms with van der Waals surface area (Å²) < 4.78 is 10.2. The van der Waals surface area contributed by atoms with E-state index < -0.39 is 18.1 Å². The predicted molar refractivity (Wildman–Crippen MR) is 101 cm³/mol. The third-order valence-corrected chi connectivity index (χ3v) is 4.05. The standard InChI is InChI=1S/C17H23IN2O5/c1-24-16(22)14(9-5-6-10-19-15(21)11-18)20-17(23)25-12-13-7-3-2-4-8-13/h2-4,7-8,14H,5-6,9-12H2,1H3,(H,19,21)(H,20,23). The smallest absolute Gasteiger partial charge is 0.408 e. The summed E-state index contributed by atoms with van der Waals surface area (Å²) in [6.45, 7) is 0.664. The second-order valence-electron chi connectivity index (χ2n) is 5.26. The lowest BCUT2D eigenvalue weighted by molar-refractivity contribution is -0.143. The van der Waals surface area contributed by atoms with Gasteiger partial charge in [-0.1, -0.05) is 52.9 Å². The molecule has 8 heteroatoms. The molecule has 0 spiro atoms. The zero-order chi connectivity index (χ0) is 18.5. The molecule has 1 aromatic rings. The number of benzene rings is 1. The molecule has 138 valence electrons. The maximum absolute atomic E-state index is 11.9. The average molecular weight is 462 g/mol. The molecule has 2 amide bonds. The van der Waals surface area contributed by atoms with E-state index in [1.165, 1.54) is 7.11 Å². The quantitative estimate of drug-likeness (QED) is 0.241. The molecule has 2 N–H and O–H groups in total. The molecular formula is C17H23IN2O5. The molecule has 1 rings (SSSR count). The van der Waals surface area contributed by atoms with Crippen LogP contribution in [0.2, 0.25) is 0 Å². The fourth-order valence-electron chi connectivity index (χ4n) is 2.05. The number of carbonyl (C=O) groups is 3. The Bertz CT molecular complexity index is 553. The van der Waals surface area contributed by atoms with Crippen molar-refractivity contribution in [1.82, 2.24) is 10.6 Å². The number of methoxy groups -OCH3 is 1. The Morgan fingerprint density at radius 1 is 1.16 bits per heavy atom. The first-order valence-electron chi connectivity index (χ1n) is 7.94. The highest BCUT2D eigenvalue weighted by atomic mass is 127. The summed E-state index contributed by atoms with van der Waals surface area (Å²) in [6, 6.07) is 8.49. The highest BCUT2D eigenvalue weighted by Gasteiger charge is 2.21. The van der Waals surface area contributed by atoms with Crippen molar-refractivity contribution in [2.75, 3.05) is 18.1 Å². The number of hydrogen-bond acceptors (Lipinski definition) is 5. The molecule has 0 radical (unpaired) electrons. The molecule has 0 heterocycles. The van der Waals surface area contributed by atoms with Gasteiger partial charge in [-0.2, -0.15) is 0 Å². The van der Waals surface area contributed by atoms with Crippen LogP contribution in [-0.2, 0) is 25.7 Å². The van der Waals surface area contributed by atoms with Crippen molar-refractivity contribution in [3.63, 3.8) is 0 Å². The fraction of sp³-hybridized carbons (Fsp3) is 0.471. The first kappa shape index (κ1) is 21.2. The van der Waals surface area contributed by atoms with Gasteiger partial charge in [0.25, 0.3) is 0 Å². The molecule has 0 saturated carbocycles. The number of rotatable bonds is 10. The van der Waals surface area contributed by atoms with Gasteiger partial charge in [0.05, 0.1) is 11.5 Å². The summed E-state index contributed by atoms with van der Waals surface area (Å²) in [5, 5.41) is 5.28. The SMILES string of the molecule is COC(=O)C(CCCCNC(=O)CI)NC(=O)OCc1ccccc1. The van der Waals surface area contributed by atoms with Crippen molar-refractivity contribution in [3.8, 4) is 0 Å². The van der Waals surface area contributed by atoms with Crippen molar-refractivity contribution >= 4 is 40.6 Å². The first-order valence-corrected chi connectivity index (χ1v) is 9.47. The molecule has 1 aromatic carbocycles. The van der Waals surface area contributed by atoms with Crippen LogP contribution in [0.3, 0.4) is 0 Å². The number of alkyl halides is 1. The predicted octanol–water partition coefficient (Wildman–Crippen LogP) is 2.18. The normalized spacial score (nSPS) is 11.3. The molecule has 0 aliphatic carbocycles. The number of hydrogen-bond donors (Lipinski definition) is 2. The number of ether oxygens (including phenoxy) is 2. The maximum atomic E-state index is 11.9. The molecule has 0 aliphatic heterocycles. The number of halogens is 1. The summed E-state index contributed by atoms with van der Waals surface area (Å²) >= 11 is 1.99. The zero-order valence-electron chi connectivity index (χ0n) is 14.1. The van der Waals surface area contributed by atoms with E-state index in [0.717, 1.165) is 5.56 Å². The van der Waals surface area contributed by atoms with Gasteiger partial charge in [0.1, 0.15) is 12.6 Å². The highest BCUT2D eigenvalue weighted by Crippen LogP contribution is 2.05. The second kappa shape index (κ2) is 12.5. The lowest BCUT2D eigenvalue weighted by Gasteiger charge is -2.16. The minimum atomic E-state index is -0.770. The summed E-state index contributed by atoms with van der Waals surface area (Å²) in [5.41, 5.74) is 0.860. The Labute approximate surface area is 161 Å². The van der Waals surface area contributed by atoms with E-state index in [1.807, 2.05) is 52.9 Å². The lowest BCUT2D eigenvalue weighted by Crippen LogP contribution is -2.41. The van der Waals surface area contributed by atoms with Gasteiger partial charge in [-0.25, -0.2) is 9.59 Å². The van der Waals surface area contributed by atoms with E-state index in [1.54, 1.807) is 0 Å². The zero-order valence-corrected chi connectivity index (χ0v) is 16.3. The molecule has 0 aromatic heterocycles. The summed E-state index contributed by atoms with van der Waals surface area (Å²) in [4.78, 5) is 34.8. The largest absolute Gasteiger partial charge is 0.467 e. The molecule has 7 nitrogen and oxygen atoms in total. The van der Waals surface area contributed by atoms with Crippen LogP contribution in [0, 0.1) is 0 Å². The number of nitrogens with one attached hydrogen (secondary N) is 2. The van der Waals surface area contributed by atoms with Gasteiger partial charge in [0.15, 0.2) is 0 Å². The highest BCUT2D eigenvalue weighted by molar-refractivity contribution is 14.1. The van der Waals surface area contributed by atoms with Gasteiger partial charge >= 0.3 is 12.1 Å². The van der Waals surface area contributed by atoms with E-state index in [-0.39, 0.29) is 12.5 Å². The van der Waals surface area contributed by atoms with Crippen molar-refractivity contribution in [3.05, 3.63) is 35.9 Å². The summed E-state index contributed by atoms with van der Waals surface area (Å²) in [6.07, 6.45) is 1.10. The second-order valence-corrected chi connectivity index (χ2v) is 6.02. The van der Waals surface area contributed by atoms with Crippen molar-refractivity contribution in [2.45, 2.75) is 31.9 Å². The van der Waals surface area contributed by atoms with Crippen LogP contribution in [0.1, 0.15) is 24.8 Å². The molecule has 0 fully saturated rings. The Hall–Kier alpha value is -1.84. The van der Waals surface area contributed by atoms with Gasteiger partial charge < -0.3 is 20.1 Å². The van der Waals surface area contributed by atoms with Gasteiger partial charge in [0.2, 0.25) is 5.91 Å². The molecule has 1 atom stereocenters. The van der Waals surface area contributed by atoms with E-state index >= 15 is 0 Å². The van der Waals surface area contributed by atoms with Crippen LogP contribution in [0.5, 0.6) is 0 Å². The van der Waals surface area contributed by atoms with Crippen LogP contribution in [0.25, 0.3) is 0 Å². The van der Waals surface area contributed by atoms with E-state index in [9.17, 15) is 14.4 Å².